The van der Waals surface area contributed by atoms with Crippen molar-refractivity contribution < 1.29 is 9.53 Å². The van der Waals surface area contributed by atoms with E-state index in [-0.39, 0.29) is 17.1 Å². The highest BCUT2D eigenvalue weighted by Gasteiger charge is 2.27. The fraction of sp³-hybridized carbons (Fsp3) is 0.571. The Morgan fingerprint density at radius 2 is 2.26 bits per heavy atom. The van der Waals surface area contributed by atoms with E-state index in [0.29, 0.717) is 18.8 Å². The minimum absolute atomic E-state index is 0.0256. The summed E-state index contributed by atoms with van der Waals surface area (Å²) in [5.41, 5.74) is 1.33. The van der Waals surface area contributed by atoms with Crippen LogP contribution < -0.4 is 10.2 Å². The maximum Gasteiger partial charge on any atom is 0.226 e. The number of carbonyl (C=O) groups is 1. The number of fused-ring (bicyclic) bond motifs is 1. The summed E-state index contributed by atoms with van der Waals surface area (Å²) in [5, 5.41) is 3.08. The van der Waals surface area contributed by atoms with Crippen LogP contribution >= 0.6 is 11.6 Å². The first kappa shape index (κ1) is 15.9. The van der Waals surface area contributed by atoms with Crippen LogP contribution in [0.1, 0.15) is 12.8 Å². The van der Waals surface area contributed by atoms with E-state index in [2.05, 4.69) is 30.2 Å². The molecule has 0 saturated carbocycles. The van der Waals surface area contributed by atoms with Gasteiger partial charge in [0.25, 0.3) is 0 Å². The van der Waals surface area contributed by atoms with Gasteiger partial charge >= 0.3 is 0 Å². The van der Waals surface area contributed by atoms with E-state index in [1.54, 1.807) is 13.4 Å². The first-order valence-electron chi connectivity index (χ1n) is 7.57. The zero-order valence-electron chi connectivity index (χ0n) is 12.9. The second kappa shape index (κ2) is 7.10. The van der Waals surface area contributed by atoms with Crippen LogP contribution in [0, 0.1) is 5.92 Å². The van der Waals surface area contributed by atoms with Crippen molar-refractivity contribution in [3.63, 3.8) is 0 Å². The maximum atomic E-state index is 12.1. The SMILES string of the molecule is COCCNC(=O)C1CCN(c2nc(Cl)nc3nc[nH]c23)CC1. The van der Waals surface area contributed by atoms with E-state index in [9.17, 15) is 4.79 Å². The van der Waals surface area contributed by atoms with Crippen molar-refractivity contribution in [3.8, 4) is 0 Å². The average Bonchev–Trinajstić information content (AvgIpc) is 3.02. The molecule has 1 aliphatic rings. The molecule has 2 aromatic heterocycles. The molecule has 3 heterocycles. The Morgan fingerprint density at radius 3 is 3.00 bits per heavy atom. The maximum absolute atomic E-state index is 12.1. The van der Waals surface area contributed by atoms with E-state index in [1.807, 2.05) is 0 Å². The summed E-state index contributed by atoms with van der Waals surface area (Å²) >= 11 is 5.97. The number of nitrogens with one attached hydrogen (secondary N) is 2. The van der Waals surface area contributed by atoms with Crippen molar-refractivity contribution in [2.45, 2.75) is 12.8 Å². The number of aromatic amines is 1. The number of rotatable bonds is 5. The van der Waals surface area contributed by atoms with Crippen molar-refractivity contribution in [2.75, 3.05) is 38.3 Å². The zero-order chi connectivity index (χ0) is 16.2. The van der Waals surface area contributed by atoms with E-state index in [4.69, 9.17) is 16.3 Å². The third-order valence-electron chi connectivity index (χ3n) is 4.01. The van der Waals surface area contributed by atoms with Gasteiger partial charge in [-0.25, -0.2) is 4.98 Å². The molecule has 2 N–H and O–H groups in total. The number of nitrogens with zero attached hydrogens (tertiary/aromatic N) is 4. The highest BCUT2D eigenvalue weighted by atomic mass is 35.5. The Balaban J connectivity index is 1.64. The first-order chi connectivity index (χ1) is 11.2. The summed E-state index contributed by atoms with van der Waals surface area (Å²) in [6.07, 6.45) is 3.13. The molecule has 1 fully saturated rings. The number of aromatic nitrogens is 4. The largest absolute Gasteiger partial charge is 0.383 e. The molecule has 0 aromatic carbocycles. The molecule has 1 saturated heterocycles. The quantitative estimate of drug-likeness (QED) is 0.623. The molecule has 0 bridgehead atoms. The van der Waals surface area contributed by atoms with Crippen LogP contribution in [-0.4, -0.2) is 59.2 Å². The predicted octanol–water partition coefficient (Wildman–Crippen LogP) is 0.985. The molecule has 0 spiro atoms. The third-order valence-corrected chi connectivity index (χ3v) is 4.18. The number of hydrogen-bond donors (Lipinski definition) is 2. The Bertz CT molecular complexity index is 683. The van der Waals surface area contributed by atoms with Gasteiger partial charge in [0, 0.05) is 32.7 Å². The Kier molecular flexibility index (Phi) is 4.92. The molecule has 23 heavy (non-hydrogen) atoms. The number of methoxy groups -OCH3 is 1. The number of piperidine rings is 1. The lowest BCUT2D eigenvalue weighted by molar-refractivity contribution is -0.125. The lowest BCUT2D eigenvalue weighted by Crippen LogP contribution is -2.41. The second-order valence-electron chi connectivity index (χ2n) is 5.46. The van der Waals surface area contributed by atoms with Crippen LogP contribution in [0.2, 0.25) is 5.28 Å². The standard InChI is InChI=1S/C14H19ClN6O2/c1-23-7-4-16-13(22)9-2-5-21(6-3-9)12-10-11(18-8-17-10)19-14(15)20-12/h8-9H,2-7H2,1H3,(H,16,22)(H,17,18,19,20). The Labute approximate surface area is 138 Å². The second-order valence-corrected chi connectivity index (χ2v) is 5.80. The van der Waals surface area contributed by atoms with Crippen LogP contribution in [0.5, 0.6) is 0 Å². The van der Waals surface area contributed by atoms with Crippen LogP contribution in [0.15, 0.2) is 6.33 Å². The van der Waals surface area contributed by atoms with Crippen LogP contribution in [0.4, 0.5) is 5.82 Å². The minimum Gasteiger partial charge on any atom is -0.383 e. The predicted molar refractivity (Wildman–Crippen MR) is 86.5 cm³/mol. The normalized spacial score (nSPS) is 16.0. The molecular formula is C14H19ClN6O2. The van der Waals surface area contributed by atoms with E-state index < -0.39 is 0 Å². The van der Waals surface area contributed by atoms with Crippen molar-refractivity contribution >= 4 is 34.5 Å². The van der Waals surface area contributed by atoms with Gasteiger partial charge in [-0.2, -0.15) is 9.97 Å². The summed E-state index contributed by atoms with van der Waals surface area (Å²) in [5.74, 6) is 0.863. The highest BCUT2D eigenvalue weighted by Crippen LogP contribution is 2.27. The smallest absolute Gasteiger partial charge is 0.226 e. The van der Waals surface area contributed by atoms with Gasteiger partial charge in [-0.15, -0.1) is 0 Å². The molecule has 1 amide bonds. The lowest BCUT2D eigenvalue weighted by atomic mass is 9.96. The van der Waals surface area contributed by atoms with E-state index in [0.717, 1.165) is 37.3 Å². The zero-order valence-corrected chi connectivity index (χ0v) is 13.6. The Hall–Kier alpha value is -1.93. The van der Waals surface area contributed by atoms with Crippen LogP contribution in [0.25, 0.3) is 11.2 Å². The van der Waals surface area contributed by atoms with Crippen molar-refractivity contribution in [2.24, 2.45) is 5.92 Å². The molecule has 124 valence electrons. The third kappa shape index (κ3) is 3.53. The van der Waals surface area contributed by atoms with Gasteiger partial charge < -0.3 is 19.9 Å². The van der Waals surface area contributed by atoms with Gasteiger partial charge in [-0.1, -0.05) is 0 Å². The number of amides is 1. The van der Waals surface area contributed by atoms with Crippen molar-refractivity contribution in [3.05, 3.63) is 11.6 Å². The fourth-order valence-electron chi connectivity index (χ4n) is 2.79. The van der Waals surface area contributed by atoms with E-state index in [1.165, 1.54) is 0 Å². The fourth-order valence-corrected chi connectivity index (χ4v) is 2.96. The summed E-state index contributed by atoms with van der Waals surface area (Å²) in [6.45, 7) is 2.56. The number of halogens is 1. The molecule has 0 atom stereocenters. The minimum atomic E-state index is 0.0256. The molecule has 1 aliphatic heterocycles. The molecule has 8 nitrogen and oxygen atoms in total. The van der Waals surface area contributed by atoms with Gasteiger partial charge in [0.15, 0.2) is 11.5 Å². The highest BCUT2D eigenvalue weighted by molar-refractivity contribution is 6.28. The van der Waals surface area contributed by atoms with Crippen molar-refractivity contribution in [1.82, 2.24) is 25.3 Å². The van der Waals surface area contributed by atoms with Crippen LogP contribution in [-0.2, 0) is 9.53 Å². The summed E-state index contributed by atoms with van der Waals surface area (Å²) in [4.78, 5) is 29.8. The molecule has 0 unspecified atom stereocenters. The summed E-state index contributed by atoms with van der Waals surface area (Å²) in [6, 6.07) is 0. The van der Waals surface area contributed by atoms with Gasteiger partial charge in [0.1, 0.15) is 5.52 Å². The molecule has 3 rings (SSSR count). The molecule has 0 radical (unpaired) electrons. The average molecular weight is 339 g/mol. The van der Waals surface area contributed by atoms with Gasteiger partial charge in [0.05, 0.1) is 12.9 Å². The van der Waals surface area contributed by atoms with Gasteiger partial charge in [-0.3, -0.25) is 4.79 Å². The summed E-state index contributed by atoms with van der Waals surface area (Å²) < 4.78 is 4.94. The number of hydrogen-bond acceptors (Lipinski definition) is 6. The number of anilines is 1. The molecule has 2 aromatic rings. The monoisotopic (exact) mass is 338 g/mol. The number of carbonyl (C=O) groups excluding carboxylic acids is 1. The van der Waals surface area contributed by atoms with Crippen molar-refractivity contribution in [1.29, 1.82) is 0 Å². The van der Waals surface area contributed by atoms with Crippen LogP contribution in [0.3, 0.4) is 0 Å². The molecule has 0 aliphatic carbocycles. The lowest BCUT2D eigenvalue weighted by Gasteiger charge is -2.32. The van der Waals surface area contributed by atoms with Gasteiger partial charge in [-0.05, 0) is 24.4 Å². The summed E-state index contributed by atoms with van der Waals surface area (Å²) in [7, 11) is 1.62. The number of ether oxygens (including phenoxy) is 1. The van der Waals surface area contributed by atoms with Gasteiger partial charge in [0.2, 0.25) is 11.2 Å². The molecular weight excluding hydrogens is 320 g/mol. The topological polar surface area (TPSA) is 96.0 Å². The number of imidazole rings is 1. The molecule has 9 heteroatoms. The number of H-pyrrole nitrogens is 1. The first-order valence-corrected chi connectivity index (χ1v) is 7.95. The Morgan fingerprint density at radius 1 is 1.48 bits per heavy atom. The van der Waals surface area contributed by atoms with E-state index >= 15 is 0 Å².